The molecule has 0 aliphatic rings. The first kappa shape index (κ1) is 23.8. The van der Waals surface area contributed by atoms with Gasteiger partial charge in [0.2, 0.25) is 0 Å². The van der Waals surface area contributed by atoms with Crippen LogP contribution < -0.4 is 0 Å². The number of amides is 1. The van der Waals surface area contributed by atoms with Crippen LogP contribution in [0.25, 0.3) is 0 Å². The summed E-state index contributed by atoms with van der Waals surface area (Å²) in [6.45, 7) is 6.98. The second-order valence-corrected chi connectivity index (χ2v) is 7.65. The highest BCUT2D eigenvalue weighted by atomic mass is 19.1. The number of aromatic nitrogens is 2. The van der Waals surface area contributed by atoms with Gasteiger partial charge < -0.3 is 14.6 Å². The predicted molar refractivity (Wildman–Crippen MR) is 121 cm³/mol. The fourth-order valence-corrected chi connectivity index (χ4v) is 3.69. The molecule has 1 aromatic carbocycles. The number of H-pyrrole nitrogens is 1. The number of rotatable bonds is 8. The number of carbonyl (C=O) groups excluding carboxylic acids is 3. The molecule has 0 saturated carbocycles. The number of pyridine rings is 1. The van der Waals surface area contributed by atoms with Gasteiger partial charge in [0, 0.05) is 23.0 Å². The Morgan fingerprint density at radius 2 is 1.82 bits per heavy atom. The maximum absolute atomic E-state index is 13.6. The molecule has 172 valence electrons. The third-order valence-electron chi connectivity index (χ3n) is 5.42. The van der Waals surface area contributed by atoms with Crippen molar-refractivity contribution in [1.29, 1.82) is 0 Å². The van der Waals surface area contributed by atoms with Gasteiger partial charge in [0.15, 0.2) is 5.78 Å². The lowest BCUT2D eigenvalue weighted by Crippen LogP contribution is -2.43. The summed E-state index contributed by atoms with van der Waals surface area (Å²) in [7, 11) is 0. The van der Waals surface area contributed by atoms with Crippen molar-refractivity contribution in [2.24, 2.45) is 0 Å². The molecule has 0 saturated heterocycles. The zero-order valence-electron chi connectivity index (χ0n) is 19.0. The predicted octanol–water partition coefficient (Wildman–Crippen LogP) is 4.26. The summed E-state index contributed by atoms with van der Waals surface area (Å²) in [5.74, 6) is -1.77. The number of esters is 1. The first-order valence-corrected chi connectivity index (χ1v) is 10.6. The van der Waals surface area contributed by atoms with Gasteiger partial charge in [0.25, 0.3) is 5.91 Å². The van der Waals surface area contributed by atoms with Gasteiger partial charge in [-0.2, -0.15) is 0 Å². The summed E-state index contributed by atoms with van der Waals surface area (Å²) in [6, 6.07) is 9.59. The molecule has 0 aliphatic heterocycles. The molecule has 2 aromatic heterocycles. The van der Waals surface area contributed by atoms with E-state index in [4.69, 9.17) is 4.74 Å². The molecule has 1 amide bonds. The fraction of sp³-hybridized carbons (Fsp3) is 0.280. The van der Waals surface area contributed by atoms with E-state index in [1.807, 2.05) is 0 Å². The molecule has 0 fully saturated rings. The highest BCUT2D eigenvalue weighted by Crippen LogP contribution is 2.23. The number of benzene rings is 1. The summed E-state index contributed by atoms with van der Waals surface area (Å²) < 4.78 is 18.5. The van der Waals surface area contributed by atoms with Gasteiger partial charge in [-0.25, -0.2) is 9.18 Å². The van der Waals surface area contributed by atoms with E-state index in [1.165, 1.54) is 29.2 Å². The number of aryl methyl sites for hydroxylation is 1. The molecule has 0 aliphatic carbocycles. The molecule has 8 heteroatoms. The van der Waals surface area contributed by atoms with Gasteiger partial charge in [0.1, 0.15) is 11.5 Å². The van der Waals surface area contributed by atoms with Crippen molar-refractivity contribution in [3.63, 3.8) is 0 Å². The van der Waals surface area contributed by atoms with Crippen molar-refractivity contribution in [2.45, 2.75) is 40.3 Å². The van der Waals surface area contributed by atoms with Crippen LogP contribution in [0.3, 0.4) is 0 Å². The molecular formula is C25H26FN3O4. The van der Waals surface area contributed by atoms with E-state index in [1.54, 1.807) is 52.1 Å². The molecule has 1 atom stereocenters. The summed E-state index contributed by atoms with van der Waals surface area (Å²) in [5.41, 5.74) is 2.38. The van der Waals surface area contributed by atoms with Crippen molar-refractivity contribution < 1.29 is 23.5 Å². The quantitative estimate of drug-likeness (QED) is 0.408. The molecule has 3 rings (SSSR count). The molecule has 33 heavy (non-hydrogen) atoms. The molecule has 2 heterocycles. The zero-order valence-corrected chi connectivity index (χ0v) is 19.0. The number of hydrogen-bond acceptors (Lipinski definition) is 5. The Morgan fingerprint density at radius 3 is 2.42 bits per heavy atom. The second kappa shape index (κ2) is 10.2. The number of halogens is 1. The molecule has 3 aromatic rings. The minimum absolute atomic E-state index is 0.0806. The lowest BCUT2D eigenvalue weighted by atomic mass is 9.99. The fourth-order valence-electron chi connectivity index (χ4n) is 3.69. The number of aromatic amines is 1. The highest BCUT2D eigenvalue weighted by molar-refractivity contribution is 6.07. The van der Waals surface area contributed by atoms with E-state index in [0.29, 0.717) is 22.5 Å². The molecule has 0 bridgehead atoms. The average Bonchev–Trinajstić information content (AvgIpc) is 3.11. The van der Waals surface area contributed by atoms with E-state index < -0.39 is 23.7 Å². The number of nitrogens with zero attached hydrogens (tertiary/aromatic N) is 2. The smallest absolute Gasteiger partial charge is 0.355 e. The van der Waals surface area contributed by atoms with Crippen LogP contribution in [0, 0.1) is 19.7 Å². The third kappa shape index (κ3) is 5.16. The maximum atomic E-state index is 13.6. The van der Waals surface area contributed by atoms with E-state index in [0.717, 1.165) is 0 Å². The largest absolute Gasteiger partial charge is 0.461 e. The van der Waals surface area contributed by atoms with Crippen molar-refractivity contribution >= 4 is 17.7 Å². The standard InChI is InChI=1S/C25H26FN3O4/c1-5-33-25(32)22-15(2)21(16(3)28-22)23(30)17(4)29(14-20-8-6-7-13-27-20)24(31)18-9-11-19(26)12-10-18/h6-13,17,28H,5,14H2,1-4H3. The number of ether oxygens (including phenoxy) is 1. The van der Waals surface area contributed by atoms with Crippen LogP contribution in [0.5, 0.6) is 0 Å². The van der Waals surface area contributed by atoms with Crippen LogP contribution in [0.1, 0.15) is 62.0 Å². The van der Waals surface area contributed by atoms with Gasteiger partial charge in [-0.15, -0.1) is 0 Å². The van der Waals surface area contributed by atoms with Crippen LogP contribution in [0.4, 0.5) is 4.39 Å². The minimum atomic E-state index is -0.882. The summed E-state index contributed by atoms with van der Waals surface area (Å²) >= 11 is 0. The number of nitrogens with one attached hydrogen (secondary N) is 1. The van der Waals surface area contributed by atoms with Gasteiger partial charge in [0.05, 0.1) is 24.9 Å². The highest BCUT2D eigenvalue weighted by Gasteiger charge is 2.32. The summed E-state index contributed by atoms with van der Waals surface area (Å²) in [5, 5.41) is 0. The lowest BCUT2D eigenvalue weighted by Gasteiger charge is -2.28. The molecule has 0 radical (unpaired) electrons. The molecule has 1 unspecified atom stereocenters. The lowest BCUT2D eigenvalue weighted by molar-refractivity contribution is 0.0518. The Kier molecular flexibility index (Phi) is 7.37. The van der Waals surface area contributed by atoms with E-state index in [2.05, 4.69) is 9.97 Å². The Bertz CT molecular complexity index is 1160. The maximum Gasteiger partial charge on any atom is 0.355 e. The topological polar surface area (TPSA) is 92.4 Å². The van der Waals surface area contributed by atoms with Crippen molar-refractivity contribution in [3.8, 4) is 0 Å². The molecule has 0 spiro atoms. The first-order valence-electron chi connectivity index (χ1n) is 10.6. The molecule has 7 nitrogen and oxygen atoms in total. The van der Waals surface area contributed by atoms with Gasteiger partial charge in [-0.3, -0.25) is 14.6 Å². The molecular weight excluding hydrogens is 425 g/mol. The Hall–Kier alpha value is -3.81. The summed E-state index contributed by atoms with van der Waals surface area (Å²) in [6.07, 6.45) is 1.61. The minimum Gasteiger partial charge on any atom is -0.461 e. The Morgan fingerprint density at radius 1 is 1.12 bits per heavy atom. The van der Waals surface area contributed by atoms with Crippen molar-refractivity contribution in [2.75, 3.05) is 6.61 Å². The number of hydrogen-bond donors (Lipinski definition) is 1. The van der Waals surface area contributed by atoms with Gasteiger partial charge in [-0.1, -0.05) is 6.07 Å². The average molecular weight is 451 g/mol. The summed E-state index contributed by atoms with van der Waals surface area (Å²) in [4.78, 5) is 47.8. The number of Topliss-reactive ketones (excluding diaryl/α,β-unsaturated/α-hetero) is 1. The number of ketones is 1. The van der Waals surface area contributed by atoms with Crippen LogP contribution >= 0.6 is 0 Å². The normalized spacial score (nSPS) is 11.7. The number of carbonyl (C=O) groups is 3. The van der Waals surface area contributed by atoms with Gasteiger partial charge in [-0.05, 0) is 69.7 Å². The SMILES string of the molecule is CCOC(=O)c1[nH]c(C)c(C(=O)C(C)N(Cc2ccccn2)C(=O)c2ccc(F)cc2)c1C. The Labute approximate surface area is 191 Å². The van der Waals surface area contributed by atoms with Crippen molar-refractivity contribution in [1.82, 2.24) is 14.9 Å². The first-order chi connectivity index (χ1) is 15.7. The third-order valence-corrected chi connectivity index (χ3v) is 5.42. The van der Waals surface area contributed by atoms with Gasteiger partial charge >= 0.3 is 5.97 Å². The van der Waals surface area contributed by atoms with Crippen LogP contribution in [0.15, 0.2) is 48.7 Å². The molecule has 1 N–H and O–H groups in total. The van der Waals surface area contributed by atoms with Crippen molar-refractivity contribution in [3.05, 3.63) is 88.3 Å². The van der Waals surface area contributed by atoms with Crippen LogP contribution in [-0.2, 0) is 11.3 Å². The van der Waals surface area contributed by atoms with E-state index in [-0.39, 0.29) is 30.2 Å². The monoisotopic (exact) mass is 451 g/mol. The Balaban J connectivity index is 1.98. The van der Waals surface area contributed by atoms with Crippen LogP contribution in [-0.4, -0.2) is 45.2 Å². The van der Waals surface area contributed by atoms with E-state index in [9.17, 15) is 18.8 Å². The zero-order chi connectivity index (χ0) is 24.1. The van der Waals surface area contributed by atoms with Crippen LogP contribution in [0.2, 0.25) is 0 Å². The van der Waals surface area contributed by atoms with E-state index >= 15 is 0 Å². The second-order valence-electron chi connectivity index (χ2n) is 7.65.